The van der Waals surface area contributed by atoms with E-state index in [0.717, 1.165) is 37.6 Å². The Hall–Kier alpha value is -1.16. The predicted molar refractivity (Wildman–Crippen MR) is 65.6 cm³/mol. The number of aryl methyl sites for hydroxylation is 1. The number of nitrogens with zero attached hydrogens (tertiary/aromatic N) is 3. The van der Waals surface area contributed by atoms with Crippen molar-refractivity contribution >= 4 is 5.82 Å². The van der Waals surface area contributed by atoms with Gasteiger partial charge in [-0.3, -0.25) is 0 Å². The van der Waals surface area contributed by atoms with E-state index in [4.69, 9.17) is 0 Å². The smallest absolute Gasteiger partial charge is 0.144 e. The minimum Gasteiger partial charge on any atom is -0.370 e. The van der Waals surface area contributed by atoms with Crippen LogP contribution in [0.25, 0.3) is 0 Å². The van der Waals surface area contributed by atoms with Crippen molar-refractivity contribution in [2.75, 3.05) is 26.0 Å². The first-order chi connectivity index (χ1) is 7.70. The van der Waals surface area contributed by atoms with E-state index >= 15 is 0 Å². The lowest BCUT2D eigenvalue weighted by molar-refractivity contribution is 0.390. The second-order valence-corrected chi connectivity index (χ2v) is 4.54. The molecule has 0 radical (unpaired) electrons. The minimum absolute atomic E-state index is 0.811. The summed E-state index contributed by atoms with van der Waals surface area (Å²) in [6, 6.07) is 0. The first-order valence-electron chi connectivity index (χ1n) is 5.98. The van der Waals surface area contributed by atoms with Gasteiger partial charge in [0.05, 0.1) is 6.54 Å². The van der Waals surface area contributed by atoms with Gasteiger partial charge in [0.1, 0.15) is 11.6 Å². The predicted octanol–water partition coefficient (Wildman–Crippen LogP) is 1.46. The maximum atomic E-state index is 4.64. The Bertz CT molecular complexity index is 374. The summed E-state index contributed by atoms with van der Waals surface area (Å²) in [4.78, 5) is 11.4. The van der Waals surface area contributed by atoms with Gasteiger partial charge in [0.2, 0.25) is 0 Å². The summed E-state index contributed by atoms with van der Waals surface area (Å²) in [6.45, 7) is 3.84. The summed E-state index contributed by atoms with van der Waals surface area (Å²) >= 11 is 0. The molecule has 1 aliphatic rings. The fraction of sp³-hybridized carbons (Fsp3) is 0.667. The summed E-state index contributed by atoms with van der Waals surface area (Å²) in [5, 5.41) is 3.35. The van der Waals surface area contributed by atoms with Crippen molar-refractivity contribution in [3.8, 4) is 0 Å². The van der Waals surface area contributed by atoms with Crippen LogP contribution in [-0.4, -0.2) is 35.5 Å². The number of hydrogen-bond acceptors (Lipinski definition) is 4. The maximum Gasteiger partial charge on any atom is 0.144 e. The zero-order chi connectivity index (χ0) is 11.5. The molecule has 0 aliphatic heterocycles. The molecular weight excluding hydrogens is 200 g/mol. The van der Waals surface area contributed by atoms with E-state index in [1.807, 2.05) is 14.1 Å². The summed E-state index contributed by atoms with van der Waals surface area (Å²) in [5.74, 6) is 1.99. The topological polar surface area (TPSA) is 41.1 Å². The van der Waals surface area contributed by atoms with Crippen LogP contribution < -0.4 is 5.32 Å². The molecule has 4 heteroatoms. The molecule has 2 rings (SSSR count). The number of hydrogen-bond donors (Lipinski definition) is 1. The van der Waals surface area contributed by atoms with Crippen molar-refractivity contribution in [3.63, 3.8) is 0 Å². The number of anilines is 1. The Morgan fingerprint density at radius 2 is 2.06 bits per heavy atom. The molecule has 1 aliphatic carbocycles. The summed E-state index contributed by atoms with van der Waals surface area (Å²) in [7, 11) is 4.09. The molecule has 0 amide bonds. The molecule has 4 nitrogen and oxygen atoms in total. The average Bonchev–Trinajstić information content (AvgIpc) is 2.65. The van der Waals surface area contributed by atoms with Gasteiger partial charge in [-0.2, -0.15) is 0 Å². The molecule has 1 heterocycles. The van der Waals surface area contributed by atoms with Gasteiger partial charge in [-0.05, 0) is 40.3 Å². The third kappa shape index (κ3) is 2.32. The zero-order valence-electron chi connectivity index (χ0n) is 10.4. The molecule has 0 fully saturated rings. The van der Waals surface area contributed by atoms with Crippen LogP contribution in [-0.2, 0) is 19.4 Å². The van der Waals surface area contributed by atoms with Crippen molar-refractivity contribution in [2.24, 2.45) is 0 Å². The van der Waals surface area contributed by atoms with Gasteiger partial charge in [0.25, 0.3) is 0 Å². The molecule has 0 spiro atoms. The molecule has 0 atom stereocenters. The normalized spacial score (nSPS) is 14.2. The lowest BCUT2D eigenvalue weighted by Gasteiger charge is -2.13. The molecule has 0 saturated carbocycles. The summed E-state index contributed by atoms with van der Waals surface area (Å²) in [5.41, 5.74) is 2.59. The van der Waals surface area contributed by atoms with E-state index in [0.29, 0.717) is 0 Å². The minimum atomic E-state index is 0.811. The van der Waals surface area contributed by atoms with Crippen LogP contribution in [0.1, 0.15) is 30.4 Å². The third-order valence-corrected chi connectivity index (χ3v) is 2.78. The summed E-state index contributed by atoms with van der Waals surface area (Å²) < 4.78 is 0. The number of rotatable bonds is 4. The van der Waals surface area contributed by atoms with Gasteiger partial charge in [0, 0.05) is 17.8 Å². The fourth-order valence-corrected chi connectivity index (χ4v) is 2.15. The number of fused-ring (bicyclic) bond motifs is 1. The van der Waals surface area contributed by atoms with Gasteiger partial charge in [-0.15, -0.1) is 0 Å². The van der Waals surface area contributed by atoms with E-state index in [1.165, 1.54) is 17.7 Å². The van der Waals surface area contributed by atoms with Gasteiger partial charge in [-0.1, -0.05) is 0 Å². The second-order valence-electron chi connectivity index (χ2n) is 4.54. The Morgan fingerprint density at radius 1 is 1.25 bits per heavy atom. The average molecular weight is 220 g/mol. The van der Waals surface area contributed by atoms with Crippen molar-refractivity contribution in [3.05, 3.63) is 17.1 Å². The van der Waals surface area contributed by atoms with Crippen LogP contribution in [0.2, 0.25) is 0 Å². The van der Waals surface area contributed by atoms with Crippen LogP contribution in [0.5, 0.6) is 0 Å². The van der Waals surface area contributed by atoms with Crippen LogP contribution in [0.3, 0.4) is 0 Å². The van der Waals surface area contributed by atoms with Crippen LogP contribution in [0.4, 0.5) is 5.82 Å². The molecule has 16 heavy (non-hydrogen) atoms. The van der Waals surface area contributed by atoms with Crippen LogP contribution >= 0.6 is 0 Å². The molecule has 1 aromatic rings. The Labute approximate surface area is 97.1 Å². The monoisotopic (exact) mass is 220 g/mol. The largest absolute Gasteiger partial charge is 0.370 e. The highest BCUT2D eigenvalue weighted by Crippen LogP contribution is 2.26. The second kappa shape index (κ2) is 4.78. The van der Waals surface area contributed by atoms with Crippen molar-refractivity contribution in [1.29, 1.82) is 0 Å². The highest BCUT2D eigenvalue weighted by molar-refractivity contribution is 5.48. The summed E-state index contributed by atoms with van der Waals surface area (Å²) in [6.07, 6.45) is 3.45. The lowest BCUT2D eigenvalue weighted by Crippen LogP contribution is -2.16. The lowest BCUT2D eigenvalue weighted by atomic mass is 10.2. The van der Waals surface area contributed by atoms with E-state index in [-0.39, 0.29) is 0 Å². The maximum absolute atomic E-state index is 4.64. The number of aromatic nitrogens is 2. The quantitative estimate of drug-likeness (QED) is 0.834. The van der Waals surface area contributed by atoms with Gasteiger partial charge < -0.3 is 10.2 Å². The molecule has 0 aromatic carbocycles. The molecule has 0 unspecified atom stereocenters. The molecule has 88 valence electrons. The highest BCUT2D eigenvalue weighted by Gasteiger charge is 2.18. The van der Waals surface area contributed by atoms with E-state index in [1.54, 1.807) is 0 Å². The Morgan fingerprint density at radius 3 is 2.75 bits per heavy atom. The molecule has 0 bridgehead atoms. The van der Waals surface area contributed by atoms with Crippen molar-refractivity contribution in [2.45, 2.75) is 32.7 Å². The SMILES string of the molecule is CCNc1nc(CN(C)C)nc2c1CCC2. The molecular formula is C12H20N4. The van der Waals surface area contributed by atoms with Gasteiger partial charge in [0.15, 0.2) is 0 Å². The van der Waals surface area contributed by atoms with E-state index in [9.17, 15) is 0 Å². The van der Waals surface area contributed by atoms with E-state index < -0.39 is 0 Å². The molecule has 1 N–H and O–H groups in total. The number of nitrogens with one attached hydrogen (secondary N) is 1. The van der Waals surface area contributed by atoms with Crippen LogP contribution in [0.15, 0.2) is 0 Å². The van der Waals surface area contributed by atoms with Gasteiger partial charge in [-0.25, -0.2) is 9.97 Å². The standard InChI is InChI=1S/C12H20N4/c1-4-13-12-9-6-5-7-10(9)14-11(15-12)8-16(2)3/h4-8H2,1-3H3,(H,13,14,15). The molecule has 0 saturated heterocycles. The molecule has 1 aromatic heterocycles. The Kier molecular flexibility index (Phi) is 3.39. The van der Waals surface area contributed by atoms with E-state index in [2.05, 4.69) is 27.1 Å². The van der Waals surface area contributed by atoms with Crippen LogP contribution in [0, 0.1) is 0 Å². The third-order valence-electron chi connectivity index (χ3n) is 2.78. The van der Waals surface area contributed by atoms with Crippen molar-refractivity contribution in [1.82, 2.24) is 14.9 Å². The zero-order valence-corrected chi connectivity index (χ0v) is 10.4. The Balaban J connectivity index is 2.31. The van der Waals surface area contributed by atoms with Crippen molar-refractivity contribution < 1.29 is 0 Å². The fourth-order valence-electron chi connectivity index (χ4n) is 2.15. The first kappa shape index (κ1) is 11.3. The van der Waals surface area contributed by atoms with Gasteiger partial charge >= 0.3 is 0 Å². The first-order valence-corrected chi connectivity index (χ1v) is 5.98. The highest BCUT2D eigenvalue weighted by atomic mass is 15.1.